The van der Waals surface area contributed by atoms with Gasteiger partial charge in [-0.15, -0.1) is 0 Å². The Balaban J connectivity index is 1.28. The fourth-order valence-corrected chi connectivity index (χ4v) is 6.34. The summed E-state index contributed by atoms with van der Waals surface area (Å²) >= 11 is 0. The molecule has 1 N–H and O–H groups in total. The third kappa shape index (κ3) is 4.03. The second-order valence-corrected chi connectivity index (χ2v) is 9.31. The first-order chi connectivity index (χ1) is 13.5. The molecule has 4 aliphatic rings. The zero-order chi connectivity index (χ0) is 19.7. The van der Waals surface area contributed by atoms with Gasteiger partial charge < -0.3 is 15.0 Å². The minimum absolute atomic E-state index is 0.00460. The van der Waals surface area contributed by atoms with Crippen LogP contribution in [0.2, 0.25) is 0 Å². The van der Waals surface area contributed by atoms with Crippen molar-refractivity contribution < 1.29 is 14.3 Å². The summed E-state index contributed by atoms with van der Waals surface area (Å²) in [6.45, 7) is 3.41. The van der Waals surface area contributed by atoms with E-state index in [2.05, 4.69) is 5.32 Å². The van der Waals surface area contributed by atoms with Crippen molar-refractivity contribution in [3.05, 3.63) is 29.8 Å². The van der Waals surface area contributed by atoms with Crippen molar-refractivity contribution in [2.45, 2.75) is 45.4 Å². The lowest BCUT2D eigenvalue weighted by Crippen LogP contribution is -2.52. The first kappa shape index (κ1) is 19.3. The fraction of sp³-hybridized carbons (Fsp3) is 0.652. The lowest BCUT2D eigenvalue weighted by Gasteiger charge is -2.57. The lowest BCUT2D eigenvalue weighted by atomic mass is 9.49. The SMILES string of the molecule is CCOc1ccc(C(=O)NCC(=O)N(C)CC23CC4CC(CC(C4)C2)C3)cc1. The highest BCUT2D eigenvalue weighted by molar-refractivity contribution is 5.96. The van der Waals surface area contributed by atoms with Crippen LogP contribution in [0.5, 0.6) is 5.75 Å². The van der Waals surface area contributed by atoms with Gasteiger partial charge in [-0.05, 0) is 92.9 Å². The number of likely N-dealkylation sites (N-methyl/N-ethyl adjacent to an activating group) is 1. The highest BCUT2D eigenvalue weighted by Gasteiger charge is 2.51. The van der Waals surface area contributed by atoms with Gasteiger partial charge in [0.05, 0.1) is 13.2 Å². The van der Waals surface area contributed by atoms with Crippen LogP contribution in [-0.4, -0.2) is 43.5 Å². The smallest absolute Gasteiger partial charge is 0.251 e. The van der Waals surface area contributed by atoms with E-state index in [1.165, 1.54) is 38.5 Å². The van der Waals surface area contributed by atoms with Crippen LogP contribution >= 0.6 is 0 Å². The second-order valence-electron chi connectivity index (χ2n) is 9.31. The van der Waals surface area contributed by atoms with Gasteiger partial charge in [0.15, 0.2) is 0 Å². The molecule has 4 saturated carbocycles. The van der Waals surface area contributed by atoms with E-state index in [-0.39, 0.29) is 18.4 Å². The zero-order valence-electron chi connectivity index (χ0n) is 17.1. The lowest BCUT2D eigenvalue weighted by molar-refractivity contribution is -0.134. The normalized spacial score (nSPS) is 30.1. The van der Waals surface area contributed by atoms with Gasteiger partial charge in [0.25, 0.3) is 5.91 Å². The van der Waals surface area contributed by atoms with Gasteiger partial charge in [0.1, 0.15) is 5.75 Å². The molecule has 0 aliphatic heterocycles. The minimum atomic E-state index is -0.223. The van der Waals surface area contributed by atoms with Gasteiger partial charge in [0, 0.05) is 19.2 Å². The Bertz CT molecular complexity index is 693. The first-order valence-electron chi connectivity index (χ1n) is 10.7. The molecule has 152 valence electrons. The Labute approximate surface area is 167 Å². The maximum atomic E-state index is 12.6. The van der Waals surface area contributed by atoms with Gasteiger partial charge in [-0.3, -0.25) is 9.59 Å². The largest absolute Gasteiger partial charge is 0.494 e. The summed E-state index contributed by atoms with van der Waals surface area (Å²) in [4.78, 5) is 26.8. The molecule has 5 rings (SSSR count). The molecule has 0 atom stereocenters. The number of carbonyl (C=O) groups excluding carboxylic acids is 2. The predicted octanol–water partition coefficient (Wildman–Crippen LogP) is 3.49. The molecule has 1 aromatic rings. The molecule has 1 aromatic carbocycles. The van der Waals surface area contributed by atoms with Crippen LogP contribution in [0.4, 0.5) is 0 Å². The van der Waals surface area contributed by atoms with E-state index in [0.29, 0.717) is 17.6 Å². The van der Waals surface area contributed by atoms with E-state index >= 15 is 0 Å². The molecule has 0 unspecified atom stereocenters. The first-order valence-corrected chi connectivity index (χ1v) is 10.7. The maximum absolute atomic E-state index is 12.6. The number of carbonyl (C=O) groups is 2. The summed E-state index contributed by atoms with van der Waals surface area (Å²) in [7, 11) is 1.89. The van der Waals surface area contributed by atoms with Crippen molar-refractivity contribution in [3.8, 4) is 5.75 Å². The summed E-state index contributed by atoms with van der Waals surface area (Å²) in [5.41, 5.74) is 0.873. The van der Waals surface area contributed by atoms with Crippen molar-refractivity contribution in [2.24, 2.45) is 23.2 Å². The van der Waals surface area contributed by atoms with Crippen molar-refractivity contribution in [2.75, 3.05) is 26.7 Å². The topological polar surface area (TPSA) is 58.6 Å². The monoisotopic (exact) mass is 384 g/mol. The Morgan fingerprint density at radius 3 is 2.18 bits per heavy atom. The van der Waals surface area contributed by atoms with Gasteiger partial charge in [0.2, 0.25) is 5.91 Å². The minimum Gasteiger partial charge on any atom is -0.494 e. The summed E-state index contributed by atoms with van der Waals surface area (Å²) in [5.74, 6) is 3.16. The summed E-state index contributed by atoms with van der Waals surface area (Å²) in [5, 5.41) is 2.77. The molecule has 0 heterocycles. The van der Waals surface area contributed by atoms with Crippen LogP contribution in [-0.2, 0) is 4.79 Å². The van der Waals surface area contributed by atoms with E-state index in [4.69, 9.17) is 4.74 Å². The van der Waals surface area contributed by atoms with Gasteiger partial charge in [-0.25, -0.2) is 0 Å². The summed E-state index contributed by atoms with van der Waals surface area (Å²) < 4.78 is 5.39. The molecule has 2 amide bonds. The number of amides is 2. The highest BCUT2D eigenvalue weighted by atomic mass is 16.5. The number of rotatable bonds is 7. The number of hydrogen-bond donors (Lipinski definition) is 1. The van der Waals surface area contributed by atoms with Crippen molar-refractivity contribution in [3.63, 3.8) is 0 Å². The molecule has 0 radical (unpaired) electrons. The van der Waals surface area contributed by atoms with E-state index < -0.39 is 0 Å². The molecule has 4 aliphatic carbocycles. The zero-order valence-corrected chi connectivity index (χ0v) is 17.1. The van der Waals surface area contributed by atoms with Gasteiger partial charge in [-0.2, -0.15) is 0 Å². The van der Waals surface area contributed by atoms with Gasteiger partial charge in [-0.1, -0.05) is 0 Å². The number of ether oxygens (including phenoxy) is 1. The maximum Gasteiger partial charge on any atom is 0.251 e. The van der Waals surface area contributed by atoms with E-state index in [9.17, 15) is 9.59 Å². The summed E-state index contributed by atoms with van der Waals surface area (Å²) in [6.07, 6.45) is 8.10. The number of nitrogens with zero attached hydrogens (tertiary/aromatic N) is 1. The van der Waals surface area contributed by atoms with E-state index in [0.717, 1.165) is 30.0 Å². The van der Waals surface area contributed by atoms with Crippen LogP contribution in [0, 0.1) is 23.2 Å². The van der Waals surface area contributed by atoms with Crippen LogP contribution in [0.15, 0.2) is 24.3 Å². The van der Waals surface area contributed by atoms with Crippen molar-refractivity contribution >= 4 is 11.8 Å². The van der Waals surface area contributed by atoms with Crippen molar-refractivity contribution in [1.82, 2.24) is 10.2 Å². The quantitative estimate of drug-likeness (QED) is 0.783. The van der Waals surface area contributed by atoms with Gasteiger partial charge >= 0.3 is 0 Å². The third-order valence-electron chi connectivity index (χ3n) is 6.99. The predicted molar refractivity (Wildman–Crippen MR) is 108 cm³/mol. The molecule has 5 heteroatoms. The molecule has 5 nitrogen and oxygen atoms in total. The van der Waals surface area contributed by atoms with E-state index in [1.807, 2.05) is 18.9 Å². The molecule has 0 spiro atoms. The molecular formula is C23H32N2O3. The average Bonchev–Trinajstić information content (AvgIpc) is 2.65. The van der Waals surface area contributed by atoms with Crippen LogP contribution in [0.25, 0.3) is 0 Å². The Morgan fingerprint density at radius 2 is 1.64 bits per heavy atom. The van der Waals surface area contributed by atoms with Crippen LogP contribution in [0.1, 0.15) is 55.8 Å². The van der Waals surface area contributed by atoms with E-state index in [1.54, 1.807) is 24.3 Å². The number of benzene rings is 1. The molecule has 0 aromatic heterocycles. The van der Waals surface area contributed by atoms with Crippen molar-refractivity contribution in [1.29, 1.82) is 0 Å². The Hall–Kier alpha value is -2.04. The summed E-state index contributed by atoms with van der Waals surface area (Å²) in [6, 6.07) is 7.01. The molecule has 4 fully saturated rings. The molecule has 28 heavy (non-hydrogen) atoms. The third-order valence-corrected chi connectivity index (χ3v) is 6.99. The Morgan fingerprint density at radius 1 is 1.07 bits per heavy atom. The van der Waals surface area contributed by atoms with Crippen LogP contribution < -0.4 is 10.1 Å². The molecule has 0 saturated heterocycles. The second kappa shape index (κ2) is 7.76. The number of nitrogens with one attached hydrogen (secondary N) is 1. The standard InChI is InChI=1S/C23H32N2O3/c1-3-28-20-6-4-19(5-7-20)22(27)24-14-21(26)25(2)15-23-11-16-8-17(12-23)10-18(9-16)13-23/h4-7,16-18H,3,8-15H2,1-2H3,(H,24,27). The highest BCUT2D eigenvalue weighted by Crippen LogP contribution is 2.60. The fourth-order valence-electron chi connectivity index (χ4n) is 6.34. The molecule has 4 bridgehead atoms. The number of hydrogen-bond acceptors (Lipinski definition) is 3. The molecular weight excluding hydrogens is 352 g/mol. The Kier molecular flexibility index (Phi) is 5.35. The average molecular weight is 385 g/mol. The van der Waals surface area contributed by atoms with Crippen LogP contribution in [0.3, 0.4) is 0 Å².